The first kappa shape index (κ1) is 23.3. The number of rotatable bonds is 8. The zero-order chi connectivity index (χ0) is 23.5. The number of non-ortho nitro benzene ring substituents is 1. The van der Waals surface area contributed by atoms with Gasteiger partial charge < -0.3 is 14.7 Å². The number of benzene rings is 2. The summed E-state index contributed by atoms with van der Waals surface area (Å²) in [6, 6.07) is 9.32. The molecule has 0 bridgehead atoms. The highest BCUT2D eigenvalue weighted by atomic mass is 32.2. The lowest BCUT2D eigenvalue weighted by Crippen LogP contribution is -2.62. The monoisotopic (exact) mass is 463 g/mol. The Balaban J connectivity index is 2.17. The molecule has 0 radical (unpaired) electrons. The Kier molecular flexibility index (Phi) is 6.87. The van der Waals surface area contributed by atoms with Gasteiger partial charge in [-0.15, -0.1) is 0 Å². The van der Waals surface area contributed by atoms with Crippen LogP contribution in [0, 0.1) is 10.1 Å². The molecule has 170 valence electrons. The molecule has 2 atom stereocenters. The van der Waals surface area contributed by atoms with E-state index in [1.54, 1.807) is 6.07 Å². The van der Waals surface area contributed by atoms with Crippen molar-refractivity contribution in [2.24, 2.45) is 0 Å². The number of carboxylic acids is 1. The van der Waals surface area contributed by atoms with Crippen molar-refractivity contribution >= 4 is 27.6 Å². The number of nitrogens with zero attached hydrogens (tertiary/aromatic N) is 3. The molecule has 0 spiro atoms. The highest BCUT2D eigenvalue weighted by Crippen LogP contribution is 2.36. The molecule has 0 aliphatic carbocycles. The summed E-state index contributed by atoms with van der Waals surface area (Å²) in [7, 11) is -2.96. The molecule has 3 rings (SSSR count). The molecule has 0 unspecified atom stereocenters. The number of amides is 1. The van der Waals surface area contributed by atoms with Crippen LogP contribution < -0.4 is 0 Å². The summed E-state index contributed by atoms with van der Waals surface area (Å²) in [5.41, 5.74) is -0.183. The summed E-state index contributed by atoms with van der Waals surface area (Å²) >= 11 is 0. The van der Waals surface area contributed by atoms with E-state index < -0.39 is 45.5 Å². The number of carbonyl (C=O) groups is 2. The largest absolute Gasteiger partial charge is 0.480 e. The molecular weight excluding hydrogens is 442 g/mol. The summed E-state index contributed by atoms with van der Waals surface area (Å²) < 4.78 is 32.2. The van der Waals surface area contributed by atoms with Crippen molar-refractivity contribution in [2.75, 3.05) is 26.8 Å². The topological polar surface area (TPSA) is 147 Å². The van der Waals surface area contributed by atoms with Crippen LogP contribution in [0.3, 0.4) is 0 Å². The van der Waals surface area contributed by atoms with Gasteiger partial charge >= 0.3 is 5.97 Å². The number of nitro groups is 1. The average molecular weight is 463 g/mol. The number of nitro benzene ring substituents is 1. The second-order valence-electron chi connectivity index (χ2n) is 7.02. The van der Waals surface area contributed by atoms with E-state index in [1.807, 2.05) is 0 Å². The minimum absolute atomic E-state index is 0.0221. The summed E-state index contributed by atoms with van der Waals surface area (Å²) in [6.45, 7) is -0.649. The van der Waals surface area contributed by atoms with E-state index in [1.165, 1.54) is 54.5 Å². The van der Waals surface area contributed by atoms with E-state index in [2.05, 4.69) is 0 Å². The smallest absolute Gasteiger partial charge is 0.324 e. The van der Waals surface area contributed by atoms with Gasteiger partial charge in [-0.1, -0.05) is 30.3 Å². The fourth-order valence-corrected chi connectivity index (χ4v) is 5.22. The number of sulfonamides is 1. The second-order valence-corrected chi connectivity index (χ2v) is 8.91. The molecule has 1 aliphatic heterocycles. The first-order valence-corrected chi connectivity index (χ1v) is 10.9. The van der Waals surface area contributed by atoms with Gasteiger partial charge in [-0.25, -0.2) is 8.42 Å². The molecule has 1 amide bonds. The Labute approximate surface area is 184 Å². The van der Waals surface area contributed by atoms with Crippen molar-refractivity contribution in [1.29, 1.82) is 0 Å². The van der Waals surface area contributed by atoms with Crippen molar-refractivity contribution in [2.45, 2.75) is 17.0 Å². The van der Waals surface area contributed by atoms with Crippen LogP contribution in [-0.4, -0.2) is 72.4 Å². The van der Waals surface area contributed by atoms with E-state index >= 15 is 0 Å². The lowest BCUT2D eigenvalue weighted by molar-refractivity contribution is -0.385. The molecule has 0 aromatic heterocycles. The quantitative estimate of drug-likeness (QED) is 0.455. The zero-order valence-corrected chi connectivity index (χ0v) is 17.8. The molecule has 1 aliphatic rings. The van der Waals surface area contributed by atoms with Crippen LogP contribution in [0.5, 0.6) is 0 Å². The van der Waals surface area contributed by atoms with E-state index in [0.717, 1.165) is 6.07 Å². The third kappa shape index (κ3) is 4.47. The van der Waals surface area contributed by atoms with Gasteiger partial charge in [-0.2, -0.15) is 4.31 Å². The molecule has 0 saturated carbocycles. The Hall–Kier alpha value is -3.35. The number of hydrogen-bond donors (Lipinski definition) is 1. The number of carboxylic acid groups (broad SMARTS) is 1. The molecule has 1 saturated heterocycles. The molecule has 1 N–H and O–H groups in total. The zero-order valence-electron chi connectivity index (χ0n) is 17.0. The van der Waals surface area contributed by atoms with Gasteiger partial charge in [0.05, 0.1) is 29.0 Å². The van der Waals surface area contributed by atoms with Crippen LogP contribution >= 0.6 is 0 Å². The predicted octanol–water partition coefficient (Wildman–Crippen LogP) is 1.27. The Morgan fingerprint density at radius 1 is 1.22 bits per heavy atom. The van der Waals surface area contributed by atoms with Gasteiger partial charge in [-0.05, 0) is 17.7 Å². The SMILES string of the molecule is COCCN1C(=O)CN(S(=O)(=O)c2ccccc2)[C@H](C(=O)O)[C@H]1c1cccc([N+](=O)[O-])c1. The minimum Gasteiger partial charge on any atom is -0.480 e. The van der Waals surface area contributed by atoms with Gasteiger partial charge in [0.25, 0.3) is 5.69 Å². The van der Waals surface area contributed by atoms with Gasteiger partial charge in [0.2, 0.25) is 15.9 Å². The highest BCUT2D eigenvalue weighted by Gasteiger charge is 2.50. The summed E-state index contributed by atoms with van der Waals surface area (Å²) in [5, 5.41) is 21.3. The summed E-state index contributed by atoms with van der Waals surface area (Å²) in [5.74, 6) is -2.13. The average Bonchev–Trinajstić information content (AvgIpc) is 2.78. The maximum atomic E-state index is 13.3. The summed E-state index contributed by atoms with van der Waals surface area (Å²) in [6.07, 6.45) is 0. The van der Waals surface area contributed by atoms with Gasteiger partial charge in [0, 0.05) is 25.8 Å². The number of methoxy groups -OCH3 is 1. The molecule has 1 fully saturated rings. The maximum Gasteiger partial charge on any atom is 0.324 e. The van der Waals surface area contributed by atoms with Gasteiger partial charge in [0.1, 0.15) is 6.04 Å². The Morgan fingerprint density at radius 3 is 2.50 bits per heavy atom. The van der Waals surface area contributed by atoms with Crippen LogP contribution in [0.4, 0.5) is 5.69 Å². The molecule has 2 aromatic carbocycles. The predicted molar refractivity (Wildman–Crippen MR) is 111 cm³/mol. The van der Waals surface area contributed by atoms with Crippen LogP contribution in [0.15, 0.2) is 59.5 Å². The molecule has 11 nitrogen and oxygen atoms in total. The van der Waals surface area contributed by atoms with Crippen molar-refractivity contribution in [3.63, 3.8) is 0 Å². The van der Waals surface area contributed by atoms with Crippen molar-refractivity contribution in [1.82, 2.24) is 9.21 Å². The van der Waals surface area contributed by atoms with Crippen LogP contribution in [0.2, 0.25) is 0 Å². The minimum atomic E-state index is -4.36. The van der Waals surface area contributed by atoms with Crippen molar-refractivity contribution < 1.29 is 32.8 Å². The van der Waals surface area contributed by atoms with Gasteiger partial charge in [-0.3, -0.25) is 19.7 Å². The standard InChI is InChI=1S/C20H21N3O8S/c1-31-11-10-21-17(24)13-22(32(29,30)16-8-3-2-4-9-16)19(20(25)26)18(21)14-6-5-7-15(12-14)23(27)28/h2-9,12,18-19H,10-11,13H2,1H3,(H,25,26)/t18-,19+/m1/s1. The third-order valence-electron chi connectivity index (χ3n) is 5.12. The number of carbonyl (C=O) groups excluding carboxylic acids is 1. The molecule has 12 heteroatoms. The first-order chi connectivity index (χ1) is 15.2. The lowest BCUT2D eigenvalue weighted by atomic mass is 9.94. The van der Waals surface area contributed by atoms with E-state index in [4.69, 9.17) is 4.74 Å². The Bertz CT molecular complexity index is 1120. The Morgan fingerprint density at radius 2 is 1.91 bits per heavy atom. The molecule has 2 aromatic rings. The van der Waals surface area contributed by atoms with Crippen molar-refractivity contribution in [3.05, 3.63) is 70.3 Å². The van der Waals surface area contributed by atoms with Crippen LogP contribution in [0.25, 0.3) is 0 Å². The third-order valence-corrected chi connectivity index (χ3v) is 6.96. The number of piperazine rings is 1. The van der Waals surface area contributed by atoms with E-state index in [9.17, 15) is 33.2 Å². The van der Waals surface area contributed by atoms with E-state index in [0.29, 0.717) is 4.31 Å². The second kappa shape index (κ2) is 9.42. The maximum absolute atomic E-state index is 13.3. The molecular formula is C20H21N3O8S. The lowest BCUT2D eigenvalue weighted by Gasteiger charge is -2.44. The number of ether oxygens (including phenoxy) is 1. The summed E-state index contributed by atoms with van der Waals surface area (Å²) in [4.78, 5) is 37.0. The van der Waals surface area contributed by atoms with Crippen LogP contribution in [0.1, 0.15) is 11.6 Å². The van der Waals surface area contributed by atoms with E-state index in [-0.39, 0.29) is 29.3 Å². The molecule has 1 heterocycles. The highest BCUT2D eigenvalue weighted by molar-refractivity contribution is 7.89. The molecule has 32 heavy (non-hydrogen) atoms. The van der Waals surface area contributed by atoms with Crippen LogP contribution in [-0.2, 0) is 24.3 Å². The van der Waals surface area contributed by atoms with Crippen molar-refractivity contribution in [3.8, 4) is 0 Å². The normalized spacial score (nSPS) is 19.7. The first-order valence-electron chi connectivity index (χ1n) is 9.51. The number of hydrogen-bond acceptors (Lipinski definition) is 7. The number of aliphatic carboxylic acids is 1. The fourth-order valence-electron chi connectivity index (χ4n) is 3.66. The van der Waals surface area contributed by atoms with Gasteiger partial charge in [0.15, 0.2) is 0 Å². The fraction of sp³-hybridized carbons (Fsp3) is 0.300.